The number of aromatic nitrogens is 1. The molecule has 1 aromatic rings. The fourth-order valence-electron chi connectivity index (χ4n) is 2.47. The summed E-state index contributed by atoms with van der Waals surface area (Å²) in [5.41, 5.74) is 1.72. The van der Waals surface area contributed by atoms with Gasteiger partial charge in [0.05, 0.1) is 11.6 Å². The van der Waals surface area contributed by atoms with Crippen LogP contribution in [-0.2, 0) is 20.9 Å². The van der Waals surface area contributed by atoms with E-state index in [4.69, 9.17) is 4.74 Å². The molecule has 0 fully saturated rings. The first-order valence-corrected chi connectivity index (χ1v) is 7.09. The van der Waals surface area contributed by atoms with Gasteiger partial charge in [0.15, 0.2) is 0 Å². The zero-order valence-electron chi connectivity index (χ0n) is 12.5. The monoisotopic (exact) mass is 291 g/mol. The van der Waals surface area contributed by atoms with E-state index in [2.05, 4.69) is 10.3 Å². The van der Waals surface area contributed by atoms with Crippen molar-refractivity contribution in [2.45, 2.75) is 25.8 Å². The molecular formula is C15H21N3O3. The molecule has 0 aliphatic carbocycles. The van der Waals surface area contributed by atoms with Crippen LogP contribution in [0.1, 0.15) is 30.5 Å². The van der Waals surface area contributed by atoms with Crippen molar-refractivity contribution in [2.75, 3.05) is 26.8 Å². The van der Waals surface area contributed by atoms with Crippen LogP contribution in [0.2, 0.25) is 0 Å². The Kier molecular flexibility index (Phi) is 5.27. The van der Waals surface area contributed by atoms with Crippen LogP contribution in [0.4, 0.5) is 0 Å². The first-order valence-electron chi connectivity index (χ1n) is 7.09. The molecule has 1 aliphatic heterocycles. The minimum atomic E-state index is -0.401. The highest BCUT2D eigenvalue weighted by Gasteiger charge is 2.32. The van der Waals surface area contributed by atoms with Crippen molar-refractivity contribution in [3.8, 4) is 0 Å². The van der Waals surface area contributed by atoms with E-state index in [-0.39, 0.29) is 11.8 Å². The Morgan fingerprint density at radius 2 is 2.33 bits per heavy atom. The number of carbonyl (C=O) groups is 2. The summed E-state index contributed by atoms with van der Waals surface area (Å²) in [5.74, 6) is -0.514. The van der Waals surface area contributed by atoms with E-state index in [1.54, 1.807) is 18.2 Å². The van der Waals surface area contributed by atoms with Crippen molar-refractivity contribution < 1.29 is 14.3 Å². The van der Waals surface area contributed by atoms with E-state index in [1.807, 2.05) is 12.1 Å². The van der Waals surface area contributed by atoms with E-state index in [9.17, 15) is 9.59 Å². The lowest BCUT2D eigenvalue weighted by Crippen LogP contribution is -2.43. The minimum Gasteiger partial charge on any atom is -0.385 e. The zero-order chi connectivity index (χ0) is 15.2. The van der Waals surface area contributed by atoms with Crippen LogP contribution in [0, 0.1) is 0 Å². The van der Waals surface area contributed by atoms with Crippen molar-refractivity contribution >= 4 is 11.8 Å². The van der Waals surface area contributed by atoms with Gasteiger partial charge in [-0.3, -0.25) is 14.6 Å². The quantitative estimate of drug-likeness (QED) is 0.810. The number of rotatable bonds is 5. The molecular weight excluding hydrogens is 270 g/mol. The fraction of sp³-hybridized carbons (Fsp3) is 0.533. The first-order chi connectivity index (χ1) is 10.1. The molecule has 6 heteroatoms. The molecule has 1 unspecified atom stereocenters. The third kappa shape index (κ3) is 3.78. The zero-order valence-corrected chi connectivity index (χ0v) is 12.5. The summed E-state index contributed by atoms with van der Waals surface area (Å²) in [5, 5.41) is 2.89. The molecule has 0 bridgehead atoms. The van der Waals surface area contributed by atoms with E-state index in [0.717, 1.165) is 17.7 Å². The van der Waals surface area contributed by atoms with Gasteiger partial charge in [-0.2, -0.15) is 0 Å². The minimum absolute atomic E-state index is 0.0262. The van der Waals surface area contributed by atoms with Crippen molar-refractivity contribution in [1.29, 1.82) is 0 Å². The van der Waals surface area contributed by atoms with Crippen molar-refractivity contribution in [2.24, 2.45) is 0 Å². The molecule has 0 saturated carbocycles. The number of nitrogens with zero attached hydrogens (tertiary/aromatic N) is 2. The molecule has 1 N–H and O–H groups in total. The van der Waals surface area contributed by atoms with Gasteiger partial charge in [-0.1, -0.05) is 6.07 Å². The molecule has 114 valence electrons. The van der Waals surface area contributed by atoms with Crippen LogP contribution < -0.4 is 5.32 Å². The van der Waals surface area contributed by atoms with Gasteiger partial charge in [-0.15, -0.1) is 0 Å². The lowest BCUT2D eigenvalue weighted by Gasteiger charge is -2.32. The molecule has 1 atom stereocenters. The maximum atomic E-state index is 12.4. The standard InChI is InChI=1S/C15H21N3O3/c1-11(19)18-9-12-5-3-6-16-14(12)13(10-18)15(20)17-7-4-8-21-2/h3,5-6,13H,4,7-10H2,1-2H3,(H,17,20). The van der Waals surface area contributed by atoms with E-state index < -0.39 is 5.92 Å². The van der Waals surface area contributed by atoms with Gasteiger partial charge >= 0.3 is 0 Å². The van der Waals surface area contributed by atoms with Crippen LogP contribution in [0.25, 0.3) is 0 Å². The van der Waals surface area contributed by atoms with Gasteiger partial charge in [0.2, 0.25) is 11.8 Å². The van der Waals surface area contributed by atoms with Crippen LogP contribution >= 0.6 is 0 Å². The van der Waals surface area contributed by atoms with Crippen LogP contribution in [0.3, 0.4) is 0 Å². The average Bonchev–Trinajstić information content (AvgIpc) is 2.50. The number of fused-ring (bicyclic) bond motifs is 1. The maximum absolute atomic E-state index is 12.4. The lowest BCUT2D eigenvalue weighted by atomic mass is 9.94. The van der Waals surface area contributed by atoms with Gasteiger partial charge in [0, 0.05) is 46.5 Å². The van der Waals surface area contributed by atoms with Gasteiger partial charge in [0.25, 0.3) is 0 Å². The largest absolute Gasteiger partial charge is 0.385 e. The van der Waals surface area contributed by atoms with Crippen molar-refractivity contribution in [3.05, 3.63) is 29.6 Å². The molecule has 6 nitrogen and oxygen atoms in total. The Morgan fingerprint density at radius 3 is 3.05 bits per heavy atom. The number of pyridine rings is 1. The Balaban J connectivity index is 2.09. The normalized spacial score (nSPS) is 17.2. The first kappa shape index (κ1) is 15.4. The second-order valence-corrected chi connectivity index (χ2v) is 5.14. The van der Waals surface area contributed by atoms with Gasteiger partial charge in [-0.05, 0) is 18.1 Å². The summed E-state index contributed by atoms with van der Waals surface area (Å²) in [6, 6.07) is 3.75. The topological polar surface area (TPSA) is 71.5 Å². The number of methoxy groups -OCH3 is 1. The molecule has 0 radical (unpaired) electrons. The Hall–Kier alpha value is -1.95. The highest BCUT2D eigenvalue weighted by molar-refractivity contribution is 5.85. The lowest BCUT2D eigenvalue weighted by molar-refractivity contribution is -0.131. The average molecular weight is 291 g/mol. The predicted molar refractivity (Wildman–Crippen MR) is 77.6 cm³/mol. The summed E-state index contributed by atoms with van der Waals surface area (Å²) in [6.07, 6.45) is 2.45. The molecule has 0 aromatic carbocycles. The maximum Gasteiger partial charge on any atom is 0.230 e. The molecule has 1 aromatic heterocycles. The second kappa shape index (κ2) is 7.17. The molecule has 2 heterocycles. The summed E-state index contributed by atoms with van der Waals surface area (Å²) in [4.78, 5) is 30.0. The SMILES string of the molecule is COCCCNC(=O)C1CN(C(C)=O)Cc2cccnc21. The van der Waals surface area contributed by atoms with Gasteiger partial charge < -0.3 is 15.0 Å². The van der Waals surface area contributed by atoms with Crippen molar-refractivity contribution in [1.82, 2.24) is 15.2 Å². The highest BCUT2D eigenvalue weighted by atomic mass is 16.5. The van der Waals surface area contributed by atoms with Gasteiger partial charge in [0.1, 0.15) is 0 Å². The second-order valence-electron chi connectivity index (χ2n) is 5.14. The predicted octanol–water partition coefficient (Wildman–Crippen LogP) is 0.680. The number of nitrogens with one attached hydrogen (secondary N) is 1. The van der Waals surface area contributed by atoms with Gasteiger partial charge in [-0.25, -0.2) is 0 Å². The Bertz CT molecular complexity index is 519. The molecule has 2 rings (SSSR count). The number of amides is 2. The number of hydrogen-bond acceptors (Lipinski definition) is 4. The molecule has 0 saturated heterocycles. The van der Waals surface area contributed by atoms with Crippen LogP contribution in [-0.4, -0.2) is 48.5 Å². The fourth-order valence-corrected chi connectivity index (χ4v) is 2.47. The van der Waals surface area contributed by atoms with Crippen molar-refractivity contribution in [3.63, 3.8) is 0 Å². The number of ether oxygens (including phenoxy) is 1. The summed E-state index contributed by atoms with van der Waals surface area (Å²) >= 11 is 0. The number of hydrogen-bond donors (Lipinski definition) is 1. The molecule has 21 heavy (non-hydrogen) atoms. The van der Waals surface area contributed by atoms with E-state index in [0.29, 0.717) is 26.2 Å². The van der Waals surface area contributed by atoms with E-state index >= 15 is 0 Å². The molecule has 1 aliphatic rings. The summed E-state index contributed by atoms with van der Waals surface area (Å²) in [6.45, 7) is 3.60. The number of carbonyl (C=O) groups excluding carboxylic acids is 2. The Morgan fingerprint density at radius 1 is 1.52 bits per heavy atom. The van der Waals surface area contributed by atoms with E-state index in [1.165, 1.54) is 6.92 Å². The molecule has 2 amide bonds. The molecule has 0 spiro atoms. The third-order valence-electron chi connectivity index (χ3n) is 3.61. The Labute approximate surface area is 124 Å². The third-order valence-corrected chi connectivity index (χ3v) is 3.61. The van der Waals surface area contributed by atoms with Crippen LogP contribution in [0.5, 0.6) is 0 Å². The van der Waals surface area contributed by atoms with Crippen LogP contribution in [0.15, 0.2) is 18.3 Å². The summed E-state index contributed by atoms with van der Waals surface area (Å²) < 4.78 is 4.96. The smallest absolute Gasteiger partial charge is 0.230 e. The highest BCUT2D eigenvalue weighted by Crippen LogP contribution is 2.26. The summed E-state index contributed by atoms with van der Waals surface area (Å²) in [7, 11) is 1.63.